The van der Waals surface area contributed by atoms with Gasteiger partial charge in [0, 0.05) is 10.0 Å². The largest absolute Gasteiger partial charge is 0.481 e. The van der Waals surface area contributed by atoms with Crippen molar-refractivity contribution in [2.45, 2.75) is 12.8 Å². The Hall–Kier alpha value is -3.01. The number of aliphatic imine (C=N–C) groups is 1. The molecule has 0 heterocycles. The fraction of sp³-hybridized carbons (Fsp3) is 0.111. The lowest BCUT2D eigenvalue weighted by molar-refractivity contribution is -0.136. The third kappa shape index (κ3) is 15.0. The molecule has 2 aromatic carbocycles. The standard InChI is InChI=1S/C9H9Cl2N3O.C8H8O2.CH3NO2.ClH/c10-6-2-1-3-7(11)5(6)4-8(15)14-9(12)13;9-8(10)6-7-4-2-1-3-5-7;2-1(3)4;/h1-3H,4H2,(H4,12,13,14,15);1-5H,6H2,(H,9,10);2H2,(H,3,4);1H. The van der Waals surface area contributed by atoms with Crippen molar-refractivity contribution in [3.8, 4) is 0 Å². The first-order chi connectivity index (χ1) is 13.5. The lowest BCUT2D eigenvalue weighted by atomic mass is 10.1. The second-order valence-corrected chi connectivity index (χ2v) is 6.02. The zero-order chi connectivity index (χ0) is 22.4. The Morgan fingerprint density at radius 1 is 0.833 bits per heavy atom. The van der Waals surface area contributed by atoms with E-state index in [2.05, 4.69) is 10.7 Å². The number of guanidine groups is 1. The van der Waals surface area contributed by atoms with Gasteiger partial charge in [-0.25, -0.2) is 4.79 Å². The molecule has 0 spiro atoms. The molecule has 0 fully saturated rings. The number of carbonyl (C=O) groups is 3. The quantitative estimate of drug-likeness (QED) is 0.330. The molecule has 0 bridgehead atoms. The van der Waals surface area contributed by atoms with Gasteiger partial charge in [0.25, 0.3) is 5.91 Å². The zero-order valence-corrected chi connectivity index (χ0v) is 17.8. The Kier molecular flexibility index (Phi) is 15.4. The van der Waals surface area contributed by atoms with Gasteiger partial charge in [0.15, 0.2) is 5.96 Å². The van der Waals surface area contributed by atoms with E-state index in [9.17, 15) is 9.59 Å². The van der Waals surface area contributed by atoms with Gasteiger partial charge in [-0.05, 0) is 23.3 Å². The molecule has 2 aromatic rings. The summed E-state index contributed by atoms with van der Waals surface area (Å²) in [5.41, 5.74) is 15.5. The number of hydrogen-bond donors (Lipinski definition) is 5. The number of nitrogens with zero attached hydrogens (tertiary/aromatic N) is 1. The normalized spacial score (nSPS) is 8.73. The predicted molar refractivity (Wildman–Crippen MR) is 118 cm³/mol. The number of rotatable bonds is 4. The summed E-state index contributed by atoms with van der Waals surface area (Å²) in [4.78, 5) is 33.6. The number of amides is 2. The fourth-order valence-corrected chi connectivity index (χ4v) is 2.34. The van der Waals surface area contributed by atoms with Crippen molar-refractivity contribution >= 4 is 59.5 Å². The van der Waals surface area contributed by atoms with Crippen molar-refractivity contribution in [1.82, 2.24) is 0 Å². The molecule has 30 heavy (non-hydrogen) atoms. The molecule has 0 unspecified atom stereocenters. The van der Waals surface area contributed by atoms with Gasteiger partial charge in [0.1, 0.15) is 0 Å². The minimum Gasteiger partial charge on any atom is -0.481 e. The number of benzene rings is 2. The van der Waals surface area contributed by atoms with Gasteiger partial charge in [-0.2, -0.15) is 4.99 Å². The molecule has 0 aliphatic carbocycles. The minimum atomic E-state index is -1.33. The number of carboxylic acids is 1. The van der Waals surface area contributed by atoms with Crippen molar-refractivity contribution in [2.75, 3.05) is 0 Å². The van der Waals surface area contributed by atoms with Crippen molar-refractivity contribution in [3.05, 3.63) is 69.7 Å². The number of primary amides is 1. The van der Waals surface area contributed by atoms with Gasteiger partial charge in [0.05, 0.1) is 12.8 Å². The highest BCUT2D eigenvalue weighted by Crippen LogP contribution is 2.24. The van der Waals surface area contributed by atoms with E-state index >= 15 is 0 Å². The van der Waals surface area contributed by atoms with Gasteiger partial charge in [-0.3, -0.25) is 9.59 Å². The van der Waals surface area contributed by atoms with Gasteiger partial charge >= 0.3 is 12.1 Å². The summed E-state index contributed by atoms with van der Waals surface area (Å²) >= 11 is 11.7. The summed E-state index contributed by atoms with van der Waals surface area (Å²) in [5, 5.41) is 16.4. The summed E-state index contributed by atoms with van der Waals surface area (Å²) in [6.07, 6.45) is -1.24. The van der Waals surface area contributed by atoms with E-state index in [1.165, 1.54) is 0 Å². The molecule has 0 saturated heterocycles. The molecule has 0 radical (unpaired) electrons. The maximum absolute atomic E-state index is 11.3. The molecule has 0 saturated carbocycles. The highest BCUT2D eigenvalue weighted by Gasteiger charge is 2.10. The first-order valence-corrected chi connectivity index (χ1v) is 8.58. The number of aliphatic carboxylic acids is 1. The summed E-state index contributed by atoms with van der Waals surface area (Å²) in [6, 6.07) is 14.1. The molecule has 0 atom stereocenters. The van der Waals surface area contributed by atoms with Crippen LogP contribution in [0.15, 0.2) is 53.5 Å². The number of carboxylic acid groups (broad SMARTS) is 2. The molecule has 2 rings (SSSR count). The summed E-state index contributed by atoms with van der Waals surface area (Å²) < 4.78 is 0. The number of carbonyl (C=O) groups excluding carboxylic acids is 1. The van der Waals surface area contributed by atoms with Gasteiger partial charge in [0.2, 0.25) is 0 Å². The molecule has 8 N–H and O–H groups in total. The average molecular weight is 480 g/mol. The molecular weight excluding hydrogens is 459 g/mol. The maximum Gasteiger partial charge on any atom is 0.402 e. The van der Waals surface area contributed by atoms with Gasteiger partial charge in [-0.15, -0.1) is 12.4 Å². The van der Waals surface area contributed by atoms with Crippen molar-refractivity contribution in [1.29, 1.82) is 0 Å². The van der Waals surface area contributed by atoms with E-state index in [1.807, 2.05) is 18.2 Å². The van der Waals surface area contributed by atoms with Crippen LogP contribution in [0.5, 0.6) is 0 Å². The molecular formula is C18H21Cl3N4O5. The van der Waals surface area contributed by atoms with E-state index in [1.54, 1.807) is 30.3 Å². The third-order valence-electron chi connectivity index (χ3n) is 2.84. The zero-order valence-electron chi connectivity index (χ0n) is 15.5. The SMILES string of the molecule is Cl.NC(=O)O.NC(N)=NC(=O)Cc1c(Cl)cccc1Cl.O=C(O)Cc1ccccc1. The highest BCUT2D eigenvalue weighted by atomic mass is 35.5. The van der Waals surface area contributed by atoms with Crippen molar-refractivity contribution in [3.63, 3.8) is 0 Å². The maximum atomic E-state index is 11.3. The van der Waals surface area contributed by atoms with Crippen LogP contribution in [-0.2, 0) is 22.4 Å². The molecule has 9 nitrogen and oxygen atoms in total. The third-order valence-corrected chi connectivity index (χ3v) is 3.55. The summed E-state index contributed by atoms with van der Waals surface area (Å²) in [5.74, 6) is -1.54. The van der Waals surface area contributed by atoms with Crippen LogP contribution in [0.4, 0.5) is 4.79 Å². The van der Waals surface area contributed by atoms with Crippen LogP contribution < -0.4 is 17.2 Å². The van der Waals surface area contributed by atoms with Crippen LogP contribution in [0.3, 0.4) is 0 Å². The molecule has 0 aliphatic rings. The Labute approximate surface area is 188 Å². The van der Waals surface area contributed by atoms with E-state index in [-0.39, 0.29) is 31.2 Å². The van der Waals surface area contributed by atoms with Crippen LogP contribution in [0.2, 0.25) is 10.0 Å². The smallest absolute Gasteiger partial charge is 0.402 e. The topological polar surface area (TPSA) is 182 Å². The molecule has 2 amide bonds. The van der Waals surface area contributed by atoms with E-state index in [4.69, 9.17) is 49.7 Å². The molecule has 0 aromatic heterocycles. The second kappa shape index (κ2) is 15.9. The molecule has 12 heteroatoms. The van der Waals surface area contributed by atoms with Gasteiger partial charge < -0.3 is 27.4 Å². The van der Waals surface area contributed by atoms with E-state index in [0.717, 1.165) is 5.56 Å². The second-order valence-electron chi connectivity index (χ2n) is 5.20. The van der Waals surface area contributed by atoms with Gasteiger partial charge in [-0.1, -0.05) is 59.6 Å². The number of hydrogen-bond acceptors (Lipinski definition) is 3. The van der Waals surface area contributed by atoms with Crippen LogP contribution in [-0.4, -0.2) is 34.1 Å². The van der Waals surface area contributed by atoms with Crippen LogP contribution >= 0.6 is 35.6 Å². The predicted octanol–water partition coefficient (Wildman–Crippen LogP) is 2.69. The molecule has 164 valence electrons. The Balaban J connectivity index is 0. The summed E-state index contributed by atoms with van der Waals surface area (Å²) in [6.45, 7) is 0. The fourth-order valence-electron chi connectivity index (χ4n) is 1.81. The number of nitrogens with two attached hydrogens (primary N) is 3. The van der Waals surface area contributed by atoms with Crippen LogP contribution in [0.1, 0.15) is 11.1 Å². The average Bonchev–Trinajstić information content (AvgIpc) is 2.58. The Morgan fingerprint density at radius 2 is 1.30 bits per heavy atom. The monoisotopic (exact) mass is 478 g/mol. The lowest BCUT2D eigenvalue weighted by Gasteiger charge is -2.03. The summed E-state index contributed by atoms with van der Waals surface area (Å²) in [7, 11) is 0. The lowest BCUT2D eigenvalue weighted by Crippen LogP contribution is -2.24. The van der Waals surface area contributed by atoms with Crippen LogP contribution in [0.25, 0.3) is 0 Å². The van der Waals surface area contributed by atoms with Crippen LogP contribution in [0, 0.1) is 0 Å². The first-order valence-electron chi connectivity index (χ1n) is 7.82. The van der Waals surface area contributed by atoms with E-state index in [0.29, 0.717) is 15.6 Å². The van der Waals surface area contributed by atoms with Crippen molar-refractivity contribution < 1.29 is 24.6 Å². The van der Waals surface area contributed by atoms with E-state index < -0.39 is 18.0 Å². The minimum absolute atomic E-state index is 0. The number of halogens is 3. The Morgan fingerprint density at radius 3 is 1.70 bits per heavy atom. The Bertz CT molecular complexity index is 836. The van der Waals surface area contributed by atoms with Crippen molar-refractivity contribution in [2.24, 2.45) is 22.2 Å². The first kappa shape index (κ1) is 29.2. The highest BCUT2D eigenvalue weighted by molar-refractivity contribution is 6.36. The molecule has 0 aliphatic heterocycles.